The summed E-state index contributed by atoms with van der Waals surface area (Å²) >= 11 is 0. The summed E-state index contributed by atoms with van der Waals surface area (Å²) in [6.07, 6.45) is 2.69. The number of carbonyl (C=O) groups excluding carboxylic acids is 2. The van der Waals surface area contributed by atoms with Crippen molar-refractivity contribution in [2.75, 3.05) is 13.1 Å². The predicted molar refractivity (Wildman–Crippen MR) is 96.7 cm³/mol. The Morgan fingerprint density at radius 2 is 1.79 bits per heavy atom. The zero-order valence-electron chi connectivity index (χ0n) is 15.4. The lowest BCUT2D eigenvalue weighted by atomic mass is 9.91. The standard InChI is InChI=1S/C20H30N2O2/c1-15-7-5-6-8-16(15)13-19(24)22-11-9-17(10-12-22)21-18(23)14-20(2,3)4/h5-8,17H,9-14H2,1-4H3,(H,21,23). The molecule has 1 aromatic rings. The van der Waals surface area contributed by atoms with Gasteiger partial charge in [0.1, 0.15) is 0 Å². The molecule has 0 saturated carbocycles. The fourth-order valence-electron chi connectivity index (χ4n) is 3.12. The second-order valence-electron chi connectivity index (χ2n) is 8.06. The summed E-state index contributed by atoms with van der Waals surface area (Å²) in [7, 11) is 0. The number of amides is 2. The number of likely N-dealkylation sites (tertiary alicyclic amines) is 1. The number of benzene rings is 1. The van der Waals surface area contributed by atoms with Crippen LogP contribution in [0.25, 0.3) is 0 Å². The highest BCUT2D eigenvalue weighted by molar-refractivity contribution is 5.79. The van der Waals surface area contributed by atoms with Gasteiger partial charge in [0.25, 0.3) is 0 Å². The Labute approximate surface area is 145 Å². The molecule has 0 aromatic heterocycles. The zero-order chi connectivity index (χ0) is 17.7. The quantitative estimate of drug-likeness (QED) is 0.922. The van der Waals surface area contributed by atoms with Crippen molar-refractivity contribution >= 4 is 11.8 Å². The Morgan fingerprint density at radius 1 is 1.17 bits per heavy atom. The van der Waals surface area contributed by atoms with Crippen LogP contribution >= 0.6 is 0 Å². The minimum Gasteiger partial charge on any atom is -0.353 e. The van der Waals surface area contributed by atoms with E-state index in [4.69, 9.17) is 0 Å². The smallest absolute Gasteiger partial charge is 0.227 e. The molecule has 4 heteroatoms. The third-order valence-electron chi connectivity index (χ3n) is 4.51. The molecule has 0 spiro atoms. The number of piperidine rings is 1. The molecule has 1 aliphatic rings. The van der Waals surface area contributed by atoms with Gasteiger partial charge in [0, 0.05) is 25.6 Å². The molecule has 4 nitrogen and oxygen atoms in total. The molecule has 0 unspecified atom stereocenters. The van der Waals surface area contributed by atoms with E-state index >= 15 is 0 Å². The van der Waals surface area contributed by atoms with Gasteiger partial charge in [0.2, 0.25) is 11.8 Å². The molecule has 1 saturated heterocycles. The lowest BCUT2D eigenvalue weighted by Crippen LogP contribution is -2.47. The number of carbonyl (C=O) groups is 2. The van der Waals surface area contributed by atoms with Crippen LogP contribution in [0.5, 0.6) is 0 Å². The number of aryl methyl sites for hydroxylation is 1. The van der Waals surface area contributed by atoms with Gasteiger partial charge in [0.05, 0.1) is 6.42 Å². The van der Waals surface area contributed by atoms with Crippen molar-refractivity contribution in [3.8, 4) is 0 Å². The molecule has 2 amide bonds. The van der Waals surface area contributed by atoms with Gasteiger partial charge in [-0.05, 0) is 36.3 Å². The Morgan fingerprint density at radius 3 is 2.38 bits per heavy atom. The lowest BCUT2D eigenvalue weighted by Gasteiger charge is -2.33. The Kier molecular flexibility index (Phi) is 6.03. The lowest BCUT2D eigenvalue weighted by molar-refractivity contribution is -0.131. The molecule has 0 aliphatic carbocycles. The average Bonchev–Trinajstić information content (AvgIpc) is 2.48. The summed E-state index contributed by atoms with van der Waals surface area (Å²) in [5.41, 5.74) is 2.27. The Balaban J connectivity index is 1.79. The first-order valence-electron chi connectivity index (χ1n) is 8.86. The zero-order valence-corrected chi connectivity index (χ0v) is 15.4. The summed E-state index contributed by atoms with van der Waals surface area (Å²) in [4.78, 5) is 26.4. The molecule has 1 aliphatic heterocycles. The highest BCUT2D eigenvalue weighted by Crippen LogP contribution is 2.19. The maximum atomic E-state index is 12.5. The van der Waals surface area contributed by atoms with Gasteiger partial charge in [-0.3, -0.25) is 9.59 Å². The van der Waals surface area contributed by atoms with E-state index in [2.05, 4.69) is 26.1 Å². The summed E-state index contributed by atoms with van der Waals surface area (Å²) < 4.78 is 0. The first-order chi connectivity index (χ1) is 11.2. The monoisotopic (exact) mass is 330 g/mol. The van der Waals surface area contributed by atoms with Crippen LogP contribution in [0.15, 0.2) is 24.3 Å². The number of nitrogens with one attached hydrogen (secondary N) is 1. The third kappa shape index (κ3) is 5.66. The van der Waals surface area contributed by atoms with Crippen molar-refractivity contribution in [1.29, 1.82) is 0 Å². The fourth-order valence-corrected chi connectivity index (χ4v) is 3.12. The first-order valence-corrected chi connectivity index (χ1v) is 8.86. The van der Waals surface area contributed by atoms with E-state index in [1.165, 1.54) is 0 Å². The molecule has 0 bridgehead atoms. The van der Waals surface area contributed by atoms with E-state index in [-0.39, 0.29) is 23.3 Å². The van der Waals surface area contributed by atoms with E-state index in [0.717, 1.165) is 37.1 Å². The maximum Gasteiger partial charge on any atom is 0.227 e. The predicted octanol–water partition coefficient (Wildman–Crippen LogP) is 3.08. The highest BCUT2D eigenvalue weighted by atomic mass is 16.2. The topological polar surface area (TPSA) is 49.4 Å². The molecule has 2 rings (SSSR count). The maximum absolute atomic E-state index is 12.5. The van der Waals surface area contributed by atoms with Gasteiger partial charge in [-0.1, -0.05) is 45.0 Å². The van der Waals surface area contributed by atoms with Crippen LogP contribution in [0.4, 0.5) is 0 Å². The van der Waals surface area contributed by atoms with Gasteiger partial charge in [-0.25, -0.2) is 0 Å². The summed E-state index contributed by atoms with van der Waals surface area (Å²) in [5, 5.41) is 3.12. The van der Waals surface area contributed by atoms with Crippen LogP contribution in [0.1, 0.15) is 51.2 Å². The molecule has 24 heavy (non-hydrogen) atoms. The molecular formula is C20H30N2O2. The summed E-state index contributed by atoms with van der Waals surface area (Å²) in [6.45, 7) is 9.70. The second-order valence-corrected chi connectivity index (χ2v) is 8.06. The van der Waals surface area contributed by atoms with Gasteiger partial charge in [0.15, 0.2) is 0 Å². The molecule has 132 valence electrons. The minimum absolute atomic E-state index is 0.00823. The van der Waals surface area contributed by atoms with Crippen molar-refractivity contribution in [2.24, 2.45) is 5.41 Å². The number of hydrogen-bond donors (Lipinski definition) is 1. The van der Waals surface area contributed by atoms with Crippen LogP contribution in [0, 0.1) is 12.3 Å². The molecule has 1 N–H and O–H groups in total. The Hall–Kier alpha value is -1.84. The van der Waals surface area contributed by atoms with E-state index in [0.29, 0.717) is 12.8 Å². The van der Waals surface area contributed by atoms with Crippen LogP contribution in [-0.4, -0.2) is 35.8 Å². The molecule has 1 heterocycles. The summed E-state index contributed by atoms with van der Waals surface area (Å²) in [6, 6.07) is 8.23. The molecule has 1 aromatic carbocycles. The first kappa shape index (κ1) is 18.5. The SMILES string of the molecule is Cc1ccccc1CC(=O)N1CCC(NC(=O)CC(C)(C)C)CC1. The third-order valence-corrected chi connectivity index (χ3v) is 4.51. The van der Waals surface area contributed by atoms with Crippen LogP contribution in [-0.2, 0) is 16.0 Å². The fraction of sp³-hybridized carbons (Fsp3) is 0.600. The van der Waals surface area contributed by atoms with Gasteiger partial charge >= 0.3 is 0 Å². The van der Waals surface area contributed by atoms with Crippen molar-refractivity contribution < 1.29 is 9.59 Å². The largest absolute Gasteiger partial charge is 0.353 e. The van der Waals surface area contributed by atoms with E-state index in [9.17, 15) is 9.59 Å². The highest BCUT2D eigenvalue weighted by Gasteiger charge is 2.25. The number of nitrogens with zero attached hydrogens (tertiary/aromatic N) is 1. The van der Waals surface area contributed by atoms with Crippen molar-refractivity contribution in [1.82, 2.24) is 10.2 Å². The number of rotatable bonds is 4. The van der Waals surface area contributed by atoms with E-state index in [1.807, 2.05) is 36.1 Å². The van der Waals surface area contributed by atoms with Crippen LogP contribution < -0.4 is 5.32 Å². The van der Waals surface area contributed by atoms with Gasteiger partial charge in [-0.2, -0.15) is 0 Å². The Bertz CT molecular complexity index is 582. The molecule has 0 atom stereocenters. The van der Waals surface area contributed by atoms with Crippen molar-refractivity contribution in [3.05, 3.63) is 35.4 Å². The molecule has 0 radical (unpaired) electrons. The average molecular weight is 330 g/mol. The number of hydrogen-bond acceptors (Lipinski definition) is 2. The molecular weight excluding hydrogens is 300 g/mol. The summed E-state index contributed by atoms with van der Waals surface area (Å²) in [5.74, 6) is 0.302. The van der Waals surface area contributed by atoms with Gasteiger partial charge < -0.3 is 10.2 Å². The van der Waals surface area contributed by atoms with Crippen LogP contribution in [0.2, 0.25) is 0 Å². The van der Waals surface area contributed by atoms with Crippen molar-refractivity contribution in [3.63, 3.8) is 0 Å². The normalized spacial score (nSPS) is 16.1. The molecule has 1 fully saturated rings. The van der Waals surface area contributed by atoms with Crippen LogP contribution in [0.3, 0.4) is 0 Å². The van der Waals surface area contributed by atoms with E-state index in [1.54, 1.807) is 0 Å². The van der Waals surface area contributed by atoms with E-state index < -0.39 is 0 Å². The van der Waals surface area contributed by atoms with Gasteiger partial charge in [-0.15, -0.1) is 0 Å². The minimum atomic E-state index is 0.00823. The van der Waals surface area contributed by atoms with Crippen molar-refractivity contribution in [2.45, 2.75) is 59.4 Å². The second kappa shape index (κ2) is 7.82.